The summed E-state index contributed by atoms with van der Waals surface area (Å²) in [4.78, 5) is 23.7. The molecule has 1 aromatic rings. The highest BCUT2D eigenvalue weighted by atomic mass is 32.2. The monoisotopic (exact) mass is 381 g/mol. The van der Waals surface area contributed by atoms with Gasteiger partial charge in [0.05, 0.1) is 4.90 Å². The van der Waals surface area contributed by atoms with Crippen LogP contribution in [0.1, 0.15) is 19.8 Å². The van der Waals surface area contributed by atoms with E-state index in [9.17, 15) is 23.1 Å². The van der Waals surface area contributed by atoms with E-state index in [0.717, 1.165) is 4.90 Å². The minimum atomic E-state index is -4.22. The van der Waals surface area contributed by atoms with E-state index in [0.29, 0.717) is 5.75 Å². The molecule has 0 aromatic heterocycles. The number of likely N-dealkylation sites (tertiary alicyclic amines) is 1. The third kappa shape index (κ3) is 3.60. The van der Waals surface area contributed by atoms with Crippen molar-refractivity contribution in [1.29, 1.82) is 0 Å². The number of sulfone groups is 1. The number of carboxylic acids is 1. The zero-order valence-electron chi connectivity index (χ0n) is 14.1. The van der Waals surface area contributed by atoms with E-state index in [4.69, 9.17) is 9.84 Å². The normalized spacial score (nSPS) is 16.3. The molecule has 0 aliphatic carbocycles. The number of rotatable bonds is 5. The van der Waals surface area contributed by atoms with Crippen LogP contribution in [0.2, 0.25) is 0 Å². The maximum atomic E-state index is 13.0. The molecule has 0 atom stereocenters. The number of piperidine rings is 1. The largest absolute Gasteiger partial charge is 0.481 e. The van der Waals surface area contributed by atoms with Crippen LogP contribution in [0.25, 0.3) is 0 Å². The first-order valence-corrected chi connectivity index (χ1v) is 9.31. The summed E-state index contributed by atoms with van der Waals surface area (Å²) < 4.78 is 29.2. The maximum Gasteiger partial charge on any atom is 0.407 e. The Labute approximate surface area is 151 Å². The van der Waals surface area contributed by atoms with E-state index in [-0.39, 0.29) is 37.4 Å². The Bertz CT molecular complexity index is 841. The standard InChI is InChI=1S/C17H19NO7S/c1-2-3-12-25-13-4-6-14(7-5-13)26(23,24)17(15(19)20)8-10-18(11-9-17)16(21)22/h4-7H,8-12H2,1H3,(H,19,20)(H,21,22). The van der Waals surface area contributed by atoms with Crippen molar-refractivity contribution >= 4 is 21.9 Å². The Hall–Kier alpha value is -2.73. The molecule has 1 heterocycles. The van der Waals surface area contributed by atoms with Crippen LogP contribution in [0.15, 0.2) is 29.2 Å². The molecule has 1 saturated heterocycles. The molecular formula is C17H19NO7S. The fourth-order valence-corrected chi connectivity index (χ4v) is 4.68. The van der Waals surface area contributed by atoms with Gasteiger partial charge in [-0.2, -0.15) is 0 Å². The zero-order valence-corrected chi connectivity index (χ0v) is 15.0. The van der Waals surface area contributed by atoms with Gasteiger partial charge in [-0.3, -0.25) is 4.79 Å². The molecule has 1 fully saturated rings. The second-order valence-electron chi connectivity index (χ2n) is 5.76. The quantitative estimate of drug-likeness (QED) is 0.741. The van der Waals surface area contributed by atoms with E-state index in [1.807, 2.05) is 0 Å². The van der Waals surface area contributed by atoms with Crippen molar-refractivity contribution in [3.63, 3.8) is 0 Å². The van der Waals surface area contributed by atoms with Gasteiger partial charge in [0.15, 0.2) is 14.6 Å². The molecule has 140 valence electrons. The highest BCUT2D eigenvalue weighted by Gasteiger charge is 2.53. The smallest absolute Gasteiger partial charge is 0.407 e. The Balaban J connectivity index is 2.29. The zero-order chi connectivity index (χ0) is 19.4. The Kier molecular flexibility index (Phi) is 5.77. The van der Waals surface area contributed by atoms with Crippen LogP contribution >= 0.6 is 0 Å². The van der Waals surface area contributed by atoms with Crippen LogP contribution in [-0.2, 0) is 14.6 Å². The molecular weight excluding hydrogens is 362 g/mol. The van der Waals surface area contributed by atoms with Gasteiger partial charge in [-0.1, -0.05) is 5.92 Å². The van der Waals surface area contributed by atoms with Crippen molar-refractivity contribution in [3.8, 4) is 17.6 Å². The molecule has 0 saturated carbocycles. The number of aliphatic carboxylic acids is 1. The third-order valence-corrected chi connectivity index (χ3v) is 6.87. The van der Waals surface area contributed by atoms with Crippen molar-refractivity contribution in [2.24, 2.45) is 0 Å². The fourth-order valence-electron chi connectivity index (χ4n) is 2.79. The first-order chi connectivity index (χ1) is 12.2. The number of hydrogen-bond donors (Lipinski definition) is 2. The average Bonchev–Trinajstić information content (AvgIpc) is 2.62. The summed E-state index contributed by atoms with van der Waals surface area (Å²) >= 11 is 0. The number of nitrogens with zero attached hydrogens (tertiary/aromatic N) is 1. The van der Waals surface area contributed by atoms with E-state index in [2.05, 4.69) is 11.8 Å². The molecule has 2 rings (SSSR count). The lowest BCUT2D eigenvalue weighted by atomic mass is 9.96. The van der Waals surface area contributed by atoms with E-state index in [1.165, 1.54) is 24.3 Å². The van der Waals surface area contributed by atoms with Gasteiger partial charge in [-0.15, -0.1) is 5.92 Å². The van der Waals surface area contributed by atoms with Crippen LogP contribution in [0.4, 0.5) is 4.79 Å². The molecule has 26 heavy (non-hydrogen) atoms. The van der Waals surface area contributed by atoms with Gasteiger partial charge in [-0.05, 0) is 44.0 Å². The molecule has 9 heteroatoms. The first-order valence-electron chi connectivity index (χ1n) is 7.83. The molecule has 8 nitrogen and oxygen atoms in total. The summed E-state index contributed by atoms with van der Waals surface area (Å²) in [7, 11) is -4.22. The summed E-state index contributed by atoms with van der Waals surface area (Å²) in [6.45, 7) is 1.52. The van der Waals surface area contributed by atoms with Crippen LogP contribution in [-0.4, -0.2) is 60.0 Å². The predicted molar refractivity (Wildman–Crippen MR) is 91.8 cm³/mol. The number of carbonyl (C=O) groups is 2. The van der Waals surface area contributed by atoms with Gasteiger partial charge >= 0.3 is 12.1 Å². The summed E-state index contributed by atoms with van der Waals surface area (Å²) in [5.74, 6) is 4.31. The summed E-state index contributed by atoms with van der Waals surface area (Å²) in [6, 6.07) is 5.45. The average molecular weight is 381 g/mol. The van der Waals surface area contributed by atoms with E-state index < -0.39 is 26.6 Å². The topological polar surface area (TPSA) is 121 Å². The molecule has 1 amide bonds. The van der Waals surface area contributed by atoms with Crippen LogP contribution in [0.3, 0.4) is 0 Å². The van der Waals surface area contributed by atoms with Crippen LogP contribution in [0.5, 0.6) is 5.75 Å². The van der Waals surface area contributed by atoms with Crippen molar-refractivity contribution < 1.29 is 33.0 Å². The van der Waals surface area contributed by atoms with Crippen molar-refractivity contribution in [1.82, 2.24) is 4.90 Å². The summed E-state index contributed by atoms with van der Waals surface area (Å²) in [6.07, 6.45) is -1.80. The molecule has 0 radical (unpaired) electrons. The van der Waals surface area contributed by atoms with Gasteiger partial charge in [0.1, 0.15) is 12.4 Å². The first kappa shape index (κ1) is 19.6. The fraction of sp³-hybridized carbons (Fsp3) is 0.412. The molecule has 1 aromatic carbocycles. The predicted octanol–water partition coefficient (Wildman–Crippen LogP) is 1.46. The summed E-state index contributed by atoms with van der Waals surface area (Å²) in [5, 5.41) is 18.6. The number of hydrogen-bond acceptors (Lipinski definition) is 5. The number of carboxylic acid groups (broad SMARTS) is 2. The van der Waals surface area contributed by atoms with Gasteiger partial charge in [0, 0.05) is 13.1 Å². The molecule has 0 bridgehead atoms. The van der Waals surface area contributed by atoms with Crippen molar-refractivity contribution in [2.75, 3.05) is 19.7 Å². The number of amides is 1. The van der Waals surface area contributed by atoms with Crippen LogP contribution < -0.4 is 4.74 Å². The SMILES string of the molecule is CC#CCOc1ccc(S(=O)(=O)C2(C(=O)O)CCN(C(=O)O)CC2)cc1. The minimum Gasteiger partial charge on any atom is -0.481 e. The number of benzene rings is 1. The lowest BCUT2D eigenvalue weighted by molar-refractivity contribution is -0.141. The Morgan fingerprint density at radius 3 is 2.23 bits per heavy atom. The van der Waals surface area contributed by atoms with E-state index >= 15 is 0 Å². The lowest BCUT2D eigenvalue weighted by Crippen LogP contribution is -2.55. The van der Waals surface area contributed by atoms with Crippen LogP contribution in [0, 0.1) is 11.8 Å². The Morgan fingerprint density at radius 1 is 1.19 bits per heavy atom. The van der Waals surface area contributed by atoms with Gasteiger partial charge in [0.2, 0.25) is 0 Å². The third-order valence-electron chi connectivity index (χ3n) is 4.37. The molecule has 1 aliphatic rings. The maximum absolute atomic E-state index is 13.0. The van der Waals surface area contributed by atoms with Crippen molar-refractivity contribution in [2.45, 2.75) is 29.4 Å². The highest BCUT2D eigenvalue weighted by molar-refractivity contribution is 7.93. The minimum absolute atomic E-state index is 0.141. The second kappa shape index (κ2) is 7.66. The Morgan fingerprint density at radius 2 is 1.77 bits per heavy atom. The lowest BCUT2D eigenvalue weighted by Gasteiger charge is -2.37. The highest BCUT2D eigenvalue weighted by Crippen LogP contribution is 2.36. The van der Waals surface area contributed by atoms with Gasteiger partial charge in [0.25, 0.3) is 0 Å². The molecule has 1 aliphatic heterocycles. The molecule has 0 spiro atoms. The van der Waals surface area contributed by atoms with Gasteiger partial charge in [-0.25, -0.2) is 13.2 Å². The van der Waals surface area contributed by atoms with E-state index in [1.54, 1.807) is 6.92 Å². The van der Waals surface area contributed by atoms with Gasteiger partial charge < -0.3 is 19.8 Å². The van der Waals surface area contributed by atoms with Crippen molar-refractivity contribution in [3.05, 3.63) is 24.3 Å². The molecule has 2 N–H and O–H groups in total. The molecule has 0 unspecified atom stereocenters. The second-order valence-corrected chi connectivity index (χ2v) is 8.02. The summed E-state index contributed by atoms with van der Waals surface area (Å²) in [5.41, 5.74) is 0. The number of ether oxygens (including phenoxy) is 1.